The van der Waals surface area contributed by atoms with E-state index in [9.17, 15) is 4.79 Å². The first-order valence-corrected chi connectivity index (χ1v) is 9.76. The van der Waals surface area contributed by atoms with Crippen LogP contribution in [0.25, 0.3) is 20.9 Å². The minimum Gasteiger partial charge on any atom is -0.497 e. The fourth-order valence-electron chi connectivity index (χ4n) is 2.96. The maximum atomic E-state index is 12.9. The number of nitrogens with one attached hydrogen (secondary N) is 1. The van der Waals surface area contributed by atoms with Crippen LogP contribution in [0.2, 0.25) is 0 Å². The average molecular weight is 405 g/mol. The van der Waals surface area contributed by atoms with Crippen molar-refractivity contribution in [2.24, 2.45) is 0 Å². The number of carbonyl (C=O) groups is 1. The second-order valence-electron chi connectivity index (χ2n) is 6.40. The molecule has 29 heavy (non-hydrogen) atoms. The lowest BCUT2D eigenvalue weighted by Gasteiger charge is -2.13. The summed E-state index contributed by atoms with van der Waals surface area (Å²) in [6.07, 6.45) is 1.76. The average Bonchev–Trinajstić information content (AvgIpc) is 3.19. The maximum Gasteiger partial charge on any atom is 0.259 e. The second-order valence-corrected chi connectivity index (χ2v) is 7.37. The van der Waals surface area contributed by atoms with Gasteiger partial charge < -0.3 is 14.8 Å². The van der Waals surface area contributed by atoms with E-state index in [1.807, 2.05) is 37.3 Å². The van der Waals surface area contributed by atoms with Crippen LogP contribution >= 0.6 is 11.3 Å². The molecule has 146 valence electrons. The zero-order valence-electron chi connectivity index (χ0n) is 16.2. The van der Waals surface area contributed by atoms with Gasteiger partial charge in [0.2, 0.25) is 0 Å². The summed E-state index contributed by atoms with van der Waals surface area (Å²) < 4.78 is 10.5. The van der Waals surface area contributed by atoms with E-state index in [-0.39, 0.29) is 5.91 Å². The van der Waals surface area contributed by atoms with Crippen molar-refractivity contribution >= 4 is 33.3 Å². The molecule has 0 saturated carbocycles. The Hall–Kier alpha value is -3.45. The standard InChI is InChI=1S/C22H19N3O3S/c1-13-6-7-14(21-25-17-5-4-10-23-22(17)29-21)11-18(13)24-20(26)16-9-8-15(27-2)12-19(16)28-3/h4-12H,1-3H3,(H,24,26). The first-order chi connectivity index (χ1) is 14.1. The molecule has 2 aromatic heterocycles. The van der Waals surface area contributed by atoms with E-state index in [1.165, 1.54) is 18.4 Å². The lowest BCUT2D eigenvalue weighted by molar-refractivity contribution is 0.102. The normalized spacial score (nSPS) is 10.7. The molecule has 0 aliphatic heterocycles. The SMILES string of the molecule is COc1ccc(C(=O)Nc2cc(-c3nc4cccnc4s3)ccc2C)c(OC)c1. The van der Waals surface area contributed by atoms with E-state index in [1.54, 1.807) is 31.5 Å². The summed E-state index contributed by atoms with van der Waals surface area (Å²) in [6.45, 7) is 1.95. The monoisotopic (exact) mass is 405 g/mol. The van der Waals surface area contributed by atoms with Crippen LogP contribution in [-0.4, -0.2) is 30.1 Å². The molecule has 6 nitrogen and oxygen atoms in total. The summed E-state index contributed by atoms with van der Waals surface area (Å²) in [5.74, 6) is 0.824. The molecular formula is C22H19N3O3S. The Kier molecular flexibility index (Phi) is 5.14. The van der Waals surface area contributed by atoms with E-state index >= 15 is 0 Å². The van der Waals surface area contributed by atoms with E-state index in [2.05, 4.69) is 15.3 Å². The number of pyridine rings is 1. The first kappa shape index (κ1) is 18.9. The number of benzene rings is 2. The van der Waals surface area contributed by atoms with Gasteiger partial charge in [-0.15, -0.1) is 0 Å². The van der Waals surface area contributed by atoms with Crippen molar-refractivity contribution in [3.63, 3.8) is 0 Å². The Morgan fingerprint density at radius 1 is 1.07 bits per heavy atom. The molecule has 1 amide bonds. The molecule has 4 aromatic rings. The molecule has 2 heterocycles. The topological polar surface area (TPSA) is 73.3 Å². The smallest absolute Gasteiger partial charge is 0.259 e. The third-order valence-corrected chi connectivity index (χ3v) is 5.58. The van der Waals surface area contributed by atoms with E-state index in [4.69, 9.17) is 9.47 Å². The molecule has 0 unspecified atom stereocenters. The highest BCUT2D eigenvalue weighted by atomic mass is 32.1. The molecule has 4 rings (SSSR count). The molecular weight excluding hydrogens is 386 g/mol. The van der Waals surface area contributed by atoms with Crippen LogP contribution in [0.15, 0.2) is 54.7 Å². The number of hydrogen-bond acceptors (Lipinski definition) is 6. The predicted molar refractivity (Wildman–Crippen MR) is 115 cm³/mol. The van der Waals surface area contributed by atoms with Gasteiger partial charge in [0.25, 0.3) is 5.91 Å². The van der Waals surface area contributed by atoms with Crippen LogP contribution in [-0.2, 0) is 0 Å². The summed E-state index contributed by atoms with van der Waals surface area (Å²) in [5.41, 5.74) is 3.89. The highest BCUT2D eigenvalue weighted by molar-refractivity contribution is 7.21. The summed E-state index contributed by atoms with van der Waals surface area (Å²) in [7, 11) is 3.10. The number of rotatable bonds is 5. The molecule has 0 aliphatic rings. The van der Waals surface area contributed by atoms with Crippen molar-refractivity contribution in [3.05, 3.63) is 65.9 Å². The molecule has 0 spiro atoms. The van der Waals surface area contributed by atoms with E-state index in [0.717, 1.165) is 32.2 Å². The Morgan fingerprint density at radius 3 is 2.69 bits per heavy atom. The molecule has 0 saturated heterocycles. The van der Waals surface area contributed by atoms with Gasteiger partial charge in [0, 0.05) is 23.5 Å². The van der Waals surface area contributed by atoms with Crippen molar-refractivity contribution < 1.29 is 14.3 Å². The fraction of sp³-hybridized carbons (Fsp3) is 0.136. The van der Waals surface area contributed by atoms with Crippen LogP contribution in [0, 0.1) is 6.92 Å². The molecule has 7 heteroatoms. The zero-order chi connectivity index (χ0) is 20.4. The van der Waals surface area contributed by atoms with Gasteiger partial charge in [-0.05, 0) is 42.8 Å². The van der Waals surface area contributed by atoms with Crippen molar-refractivity contribution in [3.8, 4) is 22.1 Å². The Balaban J connectivity index is 1.65. The number of carbonyl (C=O) groups excluding carboxylic acids is 1. The molecule has 0 fully saturated rings. The molecule has 0 atom stereocenters. The van der Waals surface area contributed by atoms with Crippen molar-refractivity contribution in [2.75, 3.05) is 19.5 Å². The third kappa shape index (κ3) is 3.77. The minimum absolute atomic E-state index is 0.254. The van der Waals surface area contributed by atoms with Crippen LogP contribution in [0.1, 0.15) is 15.9 Å². The lowest BCUT2D eigenvalue weighted by atomic mass is 10.1. The fourth-order valence-corrected chi connectivity index (χ4v) is 3.86. The Bertz CT molecular complexity index is 1170. The number of ether oxygens (including phenoxy) is 2. The highest BCUT2D eigenvalue weighted by Crippen LogP contribution is 2.32. The van der Waals surface area contributed by atoms with Crippen molar-refractivity contribution in [2.45, 2.75) is 6.92 Å². The molecule has 0 bridgehead atoms. The van der Waals surface area contributed by atoms with Gasteiger partial charge in [0.1, 0.15) is 26.9 Å². The molecule has 1 N–H and O–H groups in total. The van der Waals surface area contributed by atoms with Crippen LogP contribution in [0.3, 0.4) is 0 Å². The van der Waals surface area contributed by atoms with Gasteiger partial charge in [0.15, 0.2) is 0 Å². The highest BCUT2D eigenvalue weighted by Gasteiger charge is 2.16. The number of hydrogen-bond donors (Lipinski definition) is 1. The second kappa shape index (κ2) is 7.89. The largest absolute Gasteiger partial charge is 0.497 e. The van der Waals surface area contributed by atoms with Crippen molar-refractivity contribution in [1.82, 2.24) is 9.97 Å². The van der Waals surface area contributed by atoms with Gasteiger partial charge in [-0.3, -0.25) is 4.79 Å². The van der Waals surface area contributed by atoms with Crippen molar-refractivity contribution in [1.29, 1.82) is 0 Å². The molecule has 0 radical (unpaired) electrons. The molecule has 2 aromatic carbocycles. The minimum atomic E-state index is -0.254. The number of nitrogens with zero attached hydrogens (tertiary/aromatic N) is 2. The van der Waals surface area contributed by atoms with Gasteiger partial charge in [-0.25, -0.2) is 9.97 Å². The number of aromatic nitrogens is 2. The number of fused-ring (bicyclic) bond motifs is 1. The summed E-state index contributed by atoms with van der Waals surface area (Å²) in [6, 6.07) is 14.8. The number of thiazole rings is 1. The summed E-state index contributed by atoms with van der Waals surface area (Å²) in [5, 5.41) is 3.84. The lowest BCUT2D eigenvalue weighted by Crippen LogP contribution is -2.14. The van der Waals surface area contributed by atoms with Crippen LogP contribution in [0.4, 0.5) is 5.69 Å². The van der Waals surface area contributed by atoms with E-state index in [0.29, 0.717) is 17.1 Å². The Labute approximate surface area is 172 Å². The maximum absolute atomic E-state index is 12.9. The van der Waals surface area contributed by atoms with Crippen LogP contribution < -0.4 is 14.8 Å². The molecule has 0 aliphatic carbocycles. The van der Waals surface area contributed by atoms with Crippen LogP contribution in [0.5, 0.6) is 11.5 Å². The third-order valence-electron chi connectivity index (χ3n) is 4.55. The quantitative estimate of drug-likeness (QED) is 0.509. The number of aryl methyl sites for hydroxylation is 1. The number of methoxy groups -OCH3 is 2. The summed E-state index contributed by atoms with van der Waals surface area (Å²) >= 11 is 1.52. The summed E-state index contributed by atoms with van der Waals surface area (Å²) in [4.78, 5) is 22.8. The number of amides is 1. The van der Waals surface area contributed by atoms with Gasteiger partial charge in [0.05, 0.1) is 19.8 Å². The van der Waals surface area contributed by atoms with Gasteiger partial charge >= 0.3 is 0 Å². The zero-order valence-corrected chi connectivity index (χ0v) is 17.0. The van der Waals surface area contributed by atoms with Gasteiger partial charge in [-0.2, -0.15) is 0 Å². The van der Waals surface area contributed by atoms with Gasteiger partial charge in [-0.1, -0.05) is 23.5 Å². The predicted octanol–water partition coefficient (Wildman–Crippen LogP) is 4.94. The first-order valence-electron chi connectivity index (χ1n) is 8.95. The Morgan fingerprint density at radius 2 is 1.93 bits per heavy atom. The number of anilines is 1. The van der Waals surface area contributed by atoms with E-state index < -0.39 is 0 Å².